The number of carbonyl (C=O) groups is 1. The molecule has 0 radical (unpaired) electrons. The highest BCUT2D eigenvalue weighted by Gasteiger charge is 2.23. The minimum absolute atomic E-state index is 0.365. The number of hydrogen-bond acceptors (Lipinski definition) is 5. The predicted molar refractivity (Wildman–Crippen MR) is 50.0 cm³/mol. The molecule has 0 aliphatic carbocycles. The molecule has 0 heterocycles. The first-order valence-electron chi connectivity index (χ1n) is 4.01. The highest BCUT2D eigenvalue weighted by atomic mass is 16.7. The fraction of sp³-hybridized carbons (Fsp3) is 0.125. The molecule has 15 heavy (non-hydrogen) atoms. The lowest BCUT2D eigenvalue weighted by molar-refractivity contribution is -0.546. The second-order valence-electron chi connectivity index (χ2n) is 2.64. The second-order valence-corrected chi connectivity index (χ2v) is 2.64. The molecule has 0 saturated carbocycles. The zero-order valence-corrected chi connectivity index (χ0v) is 7.62. The van der Waals surface area contributed by atoms with Crippen LogP contribution in [0.4, 0.5) is 4.79 Å². The summed E-state index contributed by atoms with van der Waals surface area (Å²) in [5, 5.41) is 10.6. The van der Waals surface area contributed by atoms with Crippen LogP contribution in [0.2, 0.25) is 0 Å². The monoisotopic (exact) mass is 211 g/mol. The van der Waals surface area contributed by atoms with Crippen LogP contribution in [0.3, 0.4) is 0 Å². The average Bonchev–Trinajstić information content (AvgIpc) is 2.18. The van der Waals surface area contributed by atoms with E-state index in [2.05, 4.69) is 10.6 Å². The Kier molecular flexibility index (Phi) is 3.58. The third-order valence-electron chi connectivity index (χ3n) is 1.60. The van der Waals surface area contributed by atoms with E-state index >= 15 is 0 Å². The summed E-state index contributed by atoms with van der Waals surface area (Å²) in [6, 6.07) is 8.06. The Bertz CT molecular complexity index is 354. The zero-order valence-electron chi connectivity index (χ0n) is 7.62. The third kappa shape index (κ3) is 3.24. The molecule has 7 nitrogen and oxygen atoms in total. The summed E-state index contributed by atoms with van der Waals surface area (Å²) in [5.41, 5.74) is 7.00. The molecule has 1 rings (SSSR count). The maximum atomic E-state index is 10.6. The van der Waals surface area contributed by atoms with E-state index in [1.807, 2.05) is 5.48 Å². The van der Waals surface area contributed by atoms with E-state index in [0.717, 1.165) is 0 Å². The van der Waals surface area contributed by atoms with Crippen molar-refractivity contribution in [2.75, 3.05) is 0 Å². The number of rotatable bonds is 4. The fourth-order valence-corrected chi connectivity index (χ4v) is 0.982. The molecule has 1 aromatic carbocycles. The number of hydroxylamine groups is 1. The van der Waals surface area contributed by atoms with Crippen molar-refractivity contribution < 1.29 is 14.6 Å². The number of carbonyl (C=O) groups excluding carboxylic acids is 1. The average molecular weight is 211 g/mol. The van der Waals surface area contributed by atoms with Gasteiger partial charge in [-0.05, 0) is 0 Å². The molecule has 0 saturated heterocycles. The number of nitro groups is 1. The first-order chi connectivity index (χ1) is 7.11. The van der Waals surface area contributed by atoms with Gasteiger partial charge in [0, 0.05) is 10.5 Å². The smallest absolute Gasteiger partial charge is 0.347 e. The molecule has 1 unspecified atom stereocenters. The van der Waals surface area contributed by atoms with Crippen molar-refractivity contribution in [1.29, 1.82) is 0 Å². The summed E-state index contributed by atoms with van der Waals surface area (Å²) < 4.78 is 0. The quantitative estimate of drug-likeness (QED) is 0.429. The standard InChI is InChI=1S/C8H9N3O4/c9-8(12)15-10-7(11(13)14)6-4-2-1-3-5-6/h1-5,7,10H,(H2,9,12). The van der Waals surface area contributed by atoms with Crippen LogP contribution in [0.1, 0.15) is 11.7 Å². The molecule has 1 aromatic rings. The Balaban J connectivity index is 2.75. The van der Waals surface area contributed by atoms with Crippen LogP contribution in [-0.2, 0) is 4.84 Å². The number of benzene rings is 1. The van der Waals surface area contributed by atoms with E-state index in [4.69, 9.17) is 0 Å². The van der Waals surface area contributed by atoms with Crippen LogP contribution in [-0.4, -0.2) is 11.0 Å². The molecule has 0 spiro atoms. The maximum Gasteiger partial charge on any atom is 0.423 e. The van der Waals surface area contributed by atoms with Crippen LogP contribution in [0.25, 0.3) is 0 Å². The lowest BCUT2D eigenvalue weighted by atomic mass is 10.2. The van der Waals surface area contributed by atoms with Crippen LogP contribution < -0.4 is 11.2 Å². The van der Waals surface area contributed by atoms with Gasteiger partial charge < -0.3 is 10.6 Å². The lowest BCUT2D eigenvalue weighted by Crippen LogP contribution is -2.32. The molecule has 0 aliphatic rings. The maximum absolute atomic E-state index is 10.6. The van der Waals surface area contributed by atoms with Crippen molar-refractivity contribution in [3.63, 3.8) is 0 Å². The second kappa shape index (κ2) is 4.91. The summed E-state index contributed by atoms with van der Waals surface area (Å²) in [6.45, 7) is 0. The normalized spacial score (nSPS) is 11.7. The summed E-state index contributed by atoms with van der Waals surface area (Å²) in [7, 11) is 0. The first-order valence-corrected chi connectivity index (χ1v) is 4.01. The van der Waals surface area contributed by atoms with E-state index in [-0.39, 0.29) is 0 Å². The van der Waals surface area contributed by atoms with Gasteiger partial charge in [-0.15, -0.1) is 0 Å². The molecule has 0 aliphatic heterocycles. The van der Waals surface area contributed by atoms with Gasteiger partial charge in [0.1, 0.15) is 0 Å². The third-order valence-corrected chi connectivity index (χ3v) is 1.60. The van der Waals surface area contributed by atoms with E-state index in [1.165, 1.54) is 12.1 Å². The number of hydrogen-bond donors (Lipinski definition) is 2. The number of amides is 1. The van der Waals surface area contributed by atoms with Crippen molar-refractivity contribution in [2.45, 2.75) is 6.17 Å². The Labute approximate surface area is 84.9 Å². The fourth-order valence-electron chi connectivity index (χ4n) is 0.982. The molecule has 1 atom stereocenters. The van der Waals surface area contributed by atoms with Gasteiger partial charge in [-0.1, -0.05) is 35.8 Å². The van der Waals surface area contributed by atoms with Crippen LogP contribution in [0, 0.1) is 10.1 Å². The van der Waals surface area contributed by atoms with Gasteiger partial charge >= 0.3 is 12.3 Å². The molecule has 1 amide bonds. The molecule has 80 valence electrons. The van der Waals surface area contributed by atoms with Crippen LogP contribution in [0.15, 0.2) is 30.3 Å². The van der Waals surface area contributed by atoms with Gasteiger partial charge in [0.05, 0.1) is 0 Å². The highest BCUT2D eigenvalue weighted by molar-refractivity contribution is 5.64. The zero-order chi connectivity index (χ0) is 11.3. The summed E-state index contributed by atoms with van der Waals surface area (Å²) >= 11 is 0. The topological polar surface area (TPSA) is 107 Å². The van der Waals surface area contributed by atoms with E-state index in [9.17, 15) is 14.9 Å². The van der Waals surface area contributed by atoms with Gasteiger partial charge in [0.2, 0.25) is 0 Å². The SMILES string of the molecule is NC(=O)ONC(c1ccccc1)[N+](=O)[O-]. The molecule has 0 bridgehead atoms. The van der Waals surface area contributed by atoms with Crippen LogP contribution >= 0.6 is 0 Å². The minimum Gasteiger partial charge on any atom is -0.347 e. The van der Waals surface area contributed by atoms with Gasteiger partial charge in [-0.25, -0.2) is 4.79 Å². The van der Waals surface area contributed by atoms with Crippen molar-refractivity contribution in [1.82, 2.24) is 5.48 Å². The van der Waals surface area contributed by atoms with Crippen molar-refractivity contribution in [2.24, 2.45) is 5.73 Å². The van der Waals surface area contributed by atoms with E-state index in [1.54, 1.807) is 18.2 Å². The van der Waals surface area contributed by atoms with Gasteiger partial charge in [-0.2, -0.15) is 0 Å². The number of nitrogens with one attached hydrogen (secondary N) is 1. The Morgan fingerprint density at radius 1 is 1.47 bits per heavy atom. The number of nitrogens with two attached hydrogens (primary N) is 1. The van der Waals surface area contributed by atoms with E-state index in [0.29, 0.717) is 5.56 Å². The molecular weight excluding hydrogens is 202 g/mol. The summed E-state index contributed by atoms with van der Waals surface area (Å²) in [4.78, 5) is 24.4. The molecule has 0 fully saturated rings. The van der Waals surface area contributed by atoms with Crippen molar-refractivity contribution in [3.8, 4) is 0 Å². The number of nitrogens with zero attached hydrogens (tertiary/aromatic N) is 1. The molecule has 0 aromatic heterocycles. The Morgan fingerprint density at radius 2 is 2.07 bits per heavy atom. The van der Waals surface area contributed by atoms with Crippen molar-refractivity contribution in [3.05, 3.63) is 46.0 Å². The number of primary amides is 1. The molecule has 7 heteroatoms. The summed E-state index contributed by atoms with van der Waals surface area (Å²) in [5.74, 6) is 0. The molecular formula is C8H9N3O4. The van der Waals surface area contributed by atoms with Gasteiger partial charge in [0.15, 0.2) is 0 Å². The first kappa shape index (κ1) is 10.9. The molecule has 3 N–H and O–H groups in total. The summed E-state index contributed by atoms with van der Waals surface area (Å²) in [6.07, 6.45) is -2.45. The Hall–Kier alpha value is -2.15. The predicted octanol–water partition coefficient (Wildman–Crippen LogP) is 0.562. The Morgan fingerprint density at radius 3 is 2.53 bits per heavy atom. The largest absolute Gasteiger partial charge is 0.423 e. The minimum atomic E-state index is -1.32. The van der Waals surface area contributed by atoms with Gasteiger partial charge in [0.25, 0.3) is 0 Å². The van der Waals surface area contributed by atoms with E-state index < -0.39 is 17.2 Å². The lowest BCUT2D eigenvalue weighted by Gasteiger charge is -2.09. The van der Waals surface area contributed by atoms with Gasteiger partial charge in [-0.3, -0.25) is 10.1 Å². The van der Waals surface area contributed by atoms with Crippen molar-refractivity contribution >= 4 is 6.09 Å². The highest BCUT2D eigenvalue weighted by Crippen LogP contribution is 2.12. The van der Waals surface area contributed by atoms with Crippen LogP contribution in [0.5, 0.6) is 0 Å².